The summed E-state index contributed by atoms with van der Waals surface area (Å²) < 4.78 is 28.8. The van der Waals surface area contributed by atoms with Crippen LogP contribution in [0.2, 0.25) is 0 Å². The minimum atomic E-state index is -2.86. The maximum Gasteiger partial charge on any atom is 0.150 e. The SMILES string of the molecule is CS(=O)(=O)C1CCC(C2CNCC(SCC3CCOC3)N2)CC1. The Kier molecular flexibility index (Phi) is 6.29. The fourth-order valence-electron chi connectivity index (χ4n) is 4.02. The molecule has 3 unspecified atom stereocenters. The van der Waals surface area contributed by atoms with Gasteiger partial charge in [0, 0.05) is 32.0 Å². The van der Waals surface area contributed by atoms with E-state index in [9.17, 15) is 8.42 Å². The maximum absolute atomic E-state index is 11.7. The molecule has 0 radical (unpaired) electrons. The summed E-state index contributed by atoms with van der Waals surface area (Å²) in [6, 6.07) is 0.488. The van der Waals surface area contributed by atoms with Gasteiger partial charge in [-0.1, -0.05) is 0 Å². The molecule has 0 aromatic carbocycles. The van der Waals surface area contributed by atoms with Crippen molar-refractivity contribution in [3.8, 4) is 0 Å². The number of piperazine rings is 1. The number of hydrogen-bond acceptors (Lipinski definition) is 6. The van der Waals surface area contributed by atoms with Crippen molar-refractivity contribution in [3.05, 3.63) is 0 Å². The smallest absolute Gasteiger partial charge is 0.150 e. The monoisotopic (exact) mass is 362 g/mol. The largest absolute Gasteiger partial charge is 0.381 e. The molecule has 134 valence electrons. The highest BCUT2D eigenvalue weighted by Crippen LogP contribution is 2.31. The molecule has 0 spiro atoms. The molecule has 1 aliphatic carbocycles. The van der Waals surface area contributed by atoms with E-state index in [0.717, 1.165) is 52.0 Å². The fourth-order valence-corrected chi connectivity index (χ4v) is 6.43. The van der Waals surface area contributed by atoms with Crippen LogP contribution in [0.15, 0.2) is 0 Å². The Hall–Kier alpha value is 0.180. The van der Waals surface area contributed by atoms with Crippen molar-refractivity contribution in [2.24, 2.45) is 11.8 Å². The van der Waals surface area contributed by atoms with Gasteiger partial charge >= 0.3 is 0 Å². The van der Waals surface area contributed by atoms with Crippen molar-refractivity contribution >= 4 is 21.6 Å². The standard InChI is InChI=1S/C16H30N2O3S2/c1-23(19,20)14-4-2-13(3-5-14)15-8-17-9-16(18-15)22-11-12-6-7-21-10-12/h12-18H,2-11H2,1H3. The van der Waals surface area contributed by atoms with Crippen LogP contribution in [0.25, 0.3) is 0 Å². The van der Waals surface area contributed by atoms with E-state index in [4.69, 9.17) is 4.74 Å². The summed E-state index contributed by atoms with van der Waals surface area (Å²) in [5.41, 5.74) is 0. The number of hydrogen-bond donors (Lipinski definition) is 2. The average Bonchev–Trinajstić information content (AvgIpc) is 3.06. The first-order valence-corrected chi connectivity index (χ1v) is 11.9. The summed E-state index contributed by atoms with van der Waals surface area (Å²) >= 11 is 2.02. The van der Waals surface area contributed by atoms with Crippen LogP contribution in [0, 0.1) is 11.8 Å². The highest BCUT2D eigenvalue weighted by atomic mass is 32.2. The number of sulfone groups is 1. The Bertz CT molecular complexity index is 472. The van der Waals surface area contributed by atoms with Crippen LogP contribution in [-0.2, 0) is 14.6 Å². The molecule has 2 aliphatic heterocycles. The molecular formula is C16H30N2O3S2. The van der Waals surface area contributed by atoms with Crippen LogP contribution < -0.4 is 10.6 Å². The third kappa shape index (κ3) is 5.08. The van der Waals surface area contributed by atoms with Gasteiger partial charge < -0.3 is 10.1 Å². The summed E-state index contributed by atoms with van der Waals surface area (Å²) in [6.07, 6.45) is 6.32. The van der Waals surface area contributed by atoms with Crippen molar-refractivity contribution in [2.45, 2.75) is 48.8 Å². The Morgan fingerprint density at radius 1 is 1.13 bits per heavy atom. The highest BCUT2D eigenvalue weighted by Gasteiger charge is 2.34. The van der Waals surface area contributed by atoms with Crippen LogP contribution in [0.4, 0.5) is 0 Å². The third-order valence-electron chi connectivity index (χ3n) is 5.54. The quantitative estimate of drug-likeness (QED) is 0.767. The number of nitrogens with one attached hydrogen (secondary N) is 2. The molecule has 2 N–H and O–H groups in total. The van der Waals surface area contributed by atoms with Gasteiger partial charge in [-0.3, -0.25) is 5.32 Å². The lowest BCUT2D eigenvalue weighted by Gasteiger charge is -2.39. The summed E-state index contributed by atoms with van der Waals surface area (Å²) in [4.78, 5) is 0. The molecule has 5 nitrogen and oxygen atoms in total. The van der Waals surface area contributed by atoms with Gasteiger partial charge in [-0.25, -0.2) is 8.42 Å². The van der Waals surface area contributed by atoms with E-state index in [1.54, 1.807) is 0 Å². The zero-order chi connectivity index (χ0) is 16.3. The molecule has 0 amide bonds. The van der Waals surface area contributed by atoms with E-state index in [0.29, 0.717) is 23.3 Å². The highest BCUT2D eigenvalue weighted by molar-refractivity contribution is 7.99. The molecular weight excluding hydrogens is 332 g/mol. The molecule has 3 rings (SSSR count). The molecule has 1 saturated carbocycles. The van der Waals surface area contributed by atoms with Gasteiger partial charge in [-0.15, -0.1) is 11.8 Å². The minimum Gasteiger partial charge on any atom is -0.381 e. The van der Waals surface area contributed by atoms with E-state index in [2.05, 4.69) is 10.6 Å². The second-order valence-corrected chi connectivity index (χ2v) is 10.9. The lowest BCUT2D eigenvalue weighted by atomic mass is 9.83. The van der Waals surface area contributed by atoms with Crippen LogP contribution >= 0.6 is 11.8 Å². The van der Waals surface area contributed by atoms with Gasteiger partial charge in [-0.2, -0.15) is 0 Å². The summed E-state index contributed by atoms with van der Waals surface area (Å²) in [5.74, 6) is 2.50. The summed E-state index contributed by atoms with van der Waals surface area (Å²) in [5, 5.41) is 7.74. The van der Waals surface area contributed by atoms with Crippen molar-refractivity contribution in [3.63, 3.8) is 0 Å². The Morgan fingerprint density at radius 2 is 1.91 bits per heavy atom. The summed E-state index contributed by atoms with van der Waals surface area (Å²) in [7, 11) is -2.86. The molecule has 3 fully saturated rings. The number of thioether (sulfide) groups is 1. The predicted octanol–water partition coefficient (Wildman–Crippen LogP) is 1.25. The van der Waals surface area contributed by atoms with Gasteiger partial charge in [0.05, 0.1) is 17.2 Å². The van der Waals surface area contributed by atoms with Crippen molar-refractivity contribution in [1.29, 1.82) is 0 Å². The second-order valence-electron chi connectivity index (χ2n) is 7.35. The molecule has 3 atom stereocenters. The van der Waals surface area contributed by atoms with Crippen LogP contribution in [0.1, 0.15) is 32.1 Å². The minimum absolute atomic E-state index is 0.108. The molecule has 23 heavy (non-hydrogen) atoms. The lowest BCUT2D eigenvalue weighted by Crippen LogP contribution is -2.57. The van der Waals surface area contributed by atoms with E-state index in [1.165, 1.54) is 18.4 Å². The first kappa shape index (κ1) is 18.0. The van der Waals surface area contributed by atoms with E-state index in [1.807, 2.05) is 11.8 Å². The van der Waals surface area contributed by atoms with Crippen molar-refractivity contribution in [1.82, 2.24) is 10.6 Å². The number of ether oxygens (including phenoxy) is 1. The lowest BCUT2D eigenvalue weighted by molar-refractivity contribution is 0.189. The Balaban J connectivity index is 1.43. The Morgan fingerprint density at radius 3 is 2.57 bits per heavy atom. The molecule has 0 aromatic rings. The summed E-state index contributed by atoms with van der Waals surface area (Å²) in [6.45, 7) is 3.88. The zero-order valence-electron chi connectivity index (χ0n) is 14.0. The first-order chi connectivity index (χ1) is 11.0. The van der Waals surface area contributed by atoms with Crippen LogP contribution in [0.5, 0.6) is 0 Å². The third-order valence-corrected chi connectivity index (χ3v) is 8.60. The average molecular weight is 363 g/mol. The zero-order valence-corrected chi connectivity index (χ0v) is 15.6. The van der Waals surface area contributed by atoms with E-state index in [-0.39, 0.29) is 5.25 Å². The molecule has 7 heteroatoms. The normalized spacial score (nSPS) is 39.4. The van der Waals surface area contributed by atoms with Crippen LogP contribution in [0.3, 0.4) is 0 Å². The molecule has 2 heterocycles. The number of rotatable bonds is 5. The van der Waals surface area contributed by atoms with E-state index < -0.39 is 9.84 Å². The van der Waals surface area contributed by atoms with Crippen molar-refractivity contribution in [2.75, 3.05) is 38.3 Å². The fraction of sp³-hybridized carbons (Fsp3) is 1.00. The topological polar surface area (TPSA) is 67.4 Å². The van der Waals surface area contributed by atoms with Crippen molar-refractivity contribution < 1.29 is 13.2 Å². The van der Waals surface area contributed by atoms with Gasteiger partial charge in [0.15, 0.2) is 0 Å². The first-order valence-electron chi connectivity index (χ1n) is 8.87. The molecule has 0 bridgehead atoms. The molecule has 3 aliphatic rings. The van der Waals surface area contributed by atoms with Gasteiger partial charge in [0.2, 0.25) is 0 Å². The molecule has 2 saturated heterocycles. The van der Waals surface area contributed by atoms with Gasteiger partial charge in [0.25, 0.3) is 0 Å². The maximum atomic E-state index is 11.7. The van der Waals surface area contributed by atoms with Gasteiger partial charge in [0.1, 0.15) is 9.84 Å². The van der Waals surface area contributed by atoms with Gasteiger partial charge in [-0.05, 0) is 49.7 Å². The predicted molar refractivity (Wildman–Crippen MR) is 95.6 cm³/mol. The Labute approximate surface area is 144 Å². The van der Waals surface area contributed by atoms with Crippen LogP contribution in [-0.4, -0.2) is 63.4 Å². The second kappa shape index (κ2) is 8.04. The molecule has 0 aromatic heterocycles. The van der Waals surface area contributed by atoms with E-state index >= 15 is 0 Å².